The van der Waals surface area contributed by atoms with Crippen LogP contribution in [0.4, 0.5) is 0 Å². The van der Waals surface area contributed by atoms with Gasteiger partial charge in [-0.1, -0.05) is 0 Å². The maximum atomic E-state index is 9.63. The van der Waals surface area contributed by atoms with Gasteiger partial charge in [-0.25, -0.2) is 0 Å². The molecule has 0 spiro atoms. The Morgan fingerprint density at radius 2 is 1.00 bits per heavy atom. The van der Waals surface area contributed by atoms with Crippen LogP contribution in [0.15, 0.2) is 0 Å². The fraction of sp³-hybridized carbons (Fsp3) is 0.500. The van der Waals surface area contributed by atoms with Gasteiger partial charge in [0.2, 0.25) is 0 Å². The third-order valence-electron chi connectivity index (χ3n) is 0.782. The summed E-state index contributed by atoms with van der Waals surface area (Å²) < 4.78 is 0. The van der Waals surface area contributed by atoms with Crippen molar-refractivity contribution in [1.29, 1.82) is 0 Å². The van der Waals surface area contributed by atoms with E-state index in [9.17, 15) is 19.8 Å². The first kappa shape index (κ1) is 36.0. The molecule has 0 aromatic heterocycles. The van der Waals surface area contributed by atoms with Gasteiger partial charge < -0.3 is 46.4 Å². The second-order valence-electron chi connectivity index (χ2n) is 1.53. The van der Waals surface area contributed by atoms with Crippen molar-refractivity contribution in [2.24, 2.45) is 0 Å². The molecule has 0 aliphatic carbocycles. The van der Waals surface area contributed by atoms with Crippen molar-refractivity contribution in [1.82, 2.24) is 0 Å². The topological polar surface area (TPSA) is 215 Å². The first-order valence-electron chi connectivity index (χ1n) is 2.24. The van der Waals surface area contributed by atoms with Crippen LogP contribution in [0.25, 0.3) is 0 Å². The quantitative estimate of drug-likeness (QED) is 0.471. The molecule has 0 aromatic rings. The number of aliphatic hydroxyl groups excluding tert-OH is 2. The summed E-state index contributed by atoms with van der Waals surface area (Å²) in [7, 11) is 0. The van der Waals surface area contributed by atoms with Crippen molar-refractivity contribution in [2.45, 2.75) is 12.2 Å². The van der Waals surface area contributed by atoms with Crippen molar-refractivity contribution >= 4 is 11.9 Å². The molecule has 8 N–H and O–H groups in total. The van der Waals surface area contributed by atoms with Crippen LogP contribution in [0.3, 0.4) is 0 Å². The van der Waals surface area contributed by atoms with Gasteiger partial charge in [0.05, 0.1) is 11.9 Å². The minimum atomic E-state index is -2.44. The Bertz CT molecular complexity index is 146. The molecule has 2 atom stereocenters. The maximum absolute atomic E-state index is 9.63. The molecule has 0 rings (SSSR count). The largest absolute Gasteiger partial charge is 1.00 e. The summed E-state index contributed by atoms with van der Waals surface area (Å²) in [5.74, 6) is -4.12. The van der Waals surface area contributed by atoms with Gasteiger partial charge in [0.25, 0.3) is 0 Å². The SMILES string of the molecule is O.O.O.O=C([O-])C(O)C(O)C(=O)[O-].[K+].[Na+]. The zero-order valence-corrected chi connectivity index (χ0v) is 13.3. The summed E-state index contributed by atoms with van der Waals surface area (Å²) in [5.41, 5.74) is 0. The minimum absolute atomic E-state index is 0. The molecule has 0 aliphatic heterocycles. The summed E-state index contributed by atoms with van der Waals surface area (Å²) in [6.07, 6.45) is -4.88. The van der Waals surface area contributed by atoms with Crippen molar-refractivity contribution in [3.63, 3.8) is 0 Å². The molecular formula is C4H10KNaO9. The number of aliphatic carboxylic acids is 2. The van der Waals surface area contributed by atoms with Crippen LogP contribution in [-0.4, -0.2) is 50.8 Å². The van der Waals surface area contributed by atoms with Crippen LogP contribution in [0.1, 0.15) is 0 Å². The fourth-order valence-electron chi connectivity index (χ4n) is 0.258. The molecule has 0 aliphatic rings. The number of aliphatic hydroxyl groups is 2. The third kappa shape index (κ3) is 15.4. The Labute approximate surface area is 149 Å². The van der Waals surface area contributed by atoms with Gasteiger partial charge in [-0.05, 0) is 0 Å². The third-order valence-corrected chi connectivity index (χ3v) is 0.782. The monoisotopic (exact) mass is 264 g/mol. The van der Waals surface area contributed by atoms with Gasteiger partial charge in [-0.3, -0.25) is 0 Å². The molecule has 0 saturated carbocycles. The molecule has 0 aromatic carbocycles. The summed E-state index contributed by atoms with van der Waals surface area (Å²) >= 11 is 0. The Morgan fingerprint density at radius 3 is 1.07 bits per heavy atom. The van der Waals surface area contributed by atoms with E-state index >= 15 is 0 Å². The molecule has 9 nitrogen and oxygen atoms in total. The second kappa shape index (κ2) is 17.8. The van der Waals surface area contributed by atoms with E-state index < -0.39 is 24.1 Å². The van der Waals surface area contributed by atoms with E-state index in [1.807, 2.05) is 0 Å². The van der Waals surface area contributed by atoms with E-state index in [0.717, 1.165) is 0 Å². The zero-order chi connectivity index (χ0) is 8.31. The standard InChI is InChI=1S/C4H6O6.K.Na.3H2O/c5-1(3(7)8)2(6)4(9)10;;;;;/h1-2,5-6H,(H,7,8)(H,9,10);;;3*1H2/q;2*+1;;;/p-2. The van der Waals surface area contributed by atoms with Gasteiger partial charge in [-0.2, -0.15) is 0 Å². The summed E-state index contributed by atoms with van der Waals surface area (Å²) in [6.45, 7) is 0. The Morgan fingerprint density at radius 1 is 0.867 bits per heavy atom. The maximum Gasteiger partial charge on any atom is 1.00 e. The first-order chi connectivity index (χ1) is 4.46. The van der Waals surface area contributed by atoms with Crippen molar-refractivity contribution < 1.29 is 127 Å². The molecule has 11 heteroatoms. The Balaban J connectivity index is -0.0000000405. The number of hydrogen-bond donors (Lipinski definition) is 2. The normalized spacial score (nSPS) is 10.5. The average Bonchev–Trinajstić information content (AvgIpc) is 1.84. The minimum Gasteiger partial charge on any atom is -0.547 e. The van der Waals surface area contributed by atoms with Crippen molar-refractivity contribution in [3.05, 3.63) is 0 Å². The van der Waals surface area contributed by atoms with Gasteiger partial charge in [-0.15, -0.1) is 0 Å². The predicted octanol–water partition coefficient (Wildman–Crippen LogP) is -13.3. The van der Waals surface area contributed by atoms with E-state index in [4.69, 9.17) is 10.2 Å². The Hall–Kier alpha value is 1.38. The van der Waals surface area contributed by atoms with E-state index in [1.165, 1.54) is 0 Å². The number of rotatable bonds is 3. The molecule has 0 amide bonds. The van der Waals surface area contributed by atoms with E-state index in [1.54, 1.807) is 0 Å². The second-order valence-corrected chi connectivity index (χ2v) is 1.53. The fourth-order valence-corrected chi connectivity index (χ4v) is 0.258. The van der Waals surface area contributed by atoms with E-state index in [0.29, 0.717) is 0 Å². The van der Waals surface area contributed by atoms with Gasteiger partial charge in [0.1, 0.15) is 12.2 Å². The van der Waals surface area contributed by atoms with Crippen LogP contribution in [0, 0.1) is 0 Å². The molecule has 0 radical (unpaired) electrons. The van der Waals surface area contributed by atoms with E-state index in [2.05, 4.69) is 0 Å². The summed E-state index contributed by atoms with van der Waals surface area (Å²) in [6, 6.07) is 0. The van der Waals surface area contributed by atoms with Crippen LogP contribution >= 0.6 is 0 Å². The number of carbonyl (C=O) groups excluding carboxylic acids is 2. The van der Waals surface area contributed by atoms with Crippen LogP contribution < -0.4 is 91.2 Å². The molecule has 82 valence electrons. The molecule has 2 unspecified atom stereocenters. The number of carboxylic acid groups (broad SMARTS) is 2. The van der Waals surface area contributed by atoms with Crippen LogP contribution in [0.5, 0.6) is 0 Å². The predicted molar refractivity (Wildman–Crippen MR) is 32.9 cm³/mol. The molecular weight excluding hydrogens is 254 g/mol. The van der Waals surface area contributed by atoms with E-state index in [-0.39, 0.29) is 97.4 Å². The van der Waals surface area contributed by atoms with Crippen molar-refractivity contribution in [2.75, 3.05) is 0 Å². The van der Waals surface area contributed by atoms with Gasteiger partial charge in [0, 0.05) is 0 Å². The summed E-state index contributed by atoms with van der Waals surface area (Å²) in [5, 5.41) is 35.7. The molecule has 15 heavy (non-hydrogen) atoms. The molecule has 0 fully saturated rings. The molecule has 0 heterocycles. The van der Waals surface area contributed by atoms with Crippen LogP contribution in [-0.2, 0) is 9.59 Å². The van der Waals surface area contributed by atoms with Crippen LogP contribution in [0.2, 0.25) is 0 Å². The smallest absolute Gasteiger partial charge is 0.547 e. The van der Waals surface area contributed by atoms with Crippen molar-refractivity contribution in [3.8, 4) is 0 Å². The molecule has 0 bridgehead atoms. The summed E-state index contributed by atoms with van der Waals surface area (Å²) in [4.78, 5) is 19.3. The number of carboxylic acids is 2. The van der Waals surface area contributed by atoms with Gasteiger partial charge in [0.15, 0.2) is 0 Å². The molecule has 0 saturated heterocycles. The Kier molecular flexibility index (Phi) is 42.6. The van der Waals surface area contributed by atoms with Gasteiger partial charge >= 0.3 is 80.9 Å². The zero-order valence-electron chi connectivity index (χ0n) is 8.18. The average molecular weight is 264 g/mol. The number of carbonyl (C=O) groups is 2. The number of hydrogen-bond acceptors (Lipinski definition) is 6. The first-order valence-corrected chi connectivity index (χ1v) is 2.24.